The van der Waals surface area contributed by atoms with Crippen molar-refractivity contribution in [3.05, 3.63) is 29.3 Å². The Kier molecular flexibility index (Phi) is 5.51. The number of β-amino-alcohol motifs (C(OH)–C–C–N with tert-alkyl or cyclic N) is 1. The van der Waals surface area contributed by atoms with Crippen LogP contribution in [-0.2, 0) is 14.8 Å². The number of sulfonamides is 1. The van der Waals surface area contributed by atoms with Crippen molar-refractivity contribution >= 4 is 27.4 Å². The summed E-state index contributed by atoms with van der Waals surface area (Å²) in [4.78, 5) is 13.6. The number of rotatable bonds is 4. The molecule has 8 heteroatoms. The minimum absolute atomic E-state index is 0.219. The molecule has 2 aliphatic heterocycles. The van der Waals surface area contributed by atoms with Crippen LogP contribution in [0.25, 0.3) is 0 Å². The molecular formula is C17H23ClN2O4S. The fourth-order valence-corrected chi connectivity index (χ4v) is 5.00. The van der Waals surface area contributed by atoms with Gasteiger partial charge in [-0.1, -0.05) is 11.6 Å². The van der Waals surface area contributed by atoms with Crippen LogP contribution in [0.2, 0.25) is 5.02 Å². The van der Waals surface area contributed by atoms with Crippen LogP contribution in [-0.4, -0.2) is 66.8 Å². The molecule has 0 saturated carbocycles. The van der Waals surface area contributed by atoms with Gasteiger partial charge >= 0.3 is 0 Å². The van der Waals surface area contributed by atoms with E-state index in [9.17, 15) is 18.3 Å². The van der Waals surface area contributed by atoms with Gasteiger partial charge in [-0.15, -0.1) is 0 Å². The highest BCUT2D eigenvalue weighted by Crippen LogP contribution is 2.28. The highest BCUT2D eigenvalue weighted by molar-refractivity contribution is 7.89. The van der Waals surface area contributed by atoms with Gasteiger partial charge in [-0.2, -0.15) is 4.31 Å². The van der Waals surface area contributed by atoms with E-state index in [-0.39, 0.29) is 23.8 Å². The minimum atomic E-state index is -3.56. The van der Waals surface area contributed by atoms with Crippen molar-refractivity contribution in [1.29, 1.82) is 0 Å². The van der Waals surface area contributed by atoms with Crippen LogP contribution in [0.15, 0.2) is 29.2 Å². The number of aliphatic hydroxyl groups is 1. The zero-order valence-electron chi connectivity index (χ0n) is 14.0. The second kappa shape index (κ2) is 7.32. The molecule has 1 aromatic carbocycles. The van der Waals surface area contributed by atoms with Crippen molar-refractivity contribution in [2.75, 3.05) is 32.7 Å². The molecular weight excluding hydrogens is 364 g/mol. The van der Waals surface area contributed by atoms with Crippen LogP contribution in [0.4, 0.5) is 0 Å². The summed E-state index contributed by atoms with van der Waals surface area (Å²) in [6, 6.07) is 6.13. The lowest BCUT2D eigenvalue weighted by atomic mass is 9.91. The van der Waals surface area contributed by atoms with Crippen LogP contribution in [0.3, 0.4) is 0 Å². The second-order valence-corrected chi connectivity index (χ2v) is 9.27. The SMILES string of the molecule is O=C1CCN(CC2(O)CCN(S(=O)(=O)c3ccc(Cl)cc3)CC2)CC1. The summed E-state index contributed by atoms with van der Waals surface area (Å²) in [7, 11) is -3.56. The zero-order valence-corrected chi connectivity index (χ0v) is 15.6. The van der Waals surface area contributed by atoms with Crippen LogP contribution >= 0.6 is 11.6 Å². The van der Waals surface area contributed by atoms with E-state index in [0.717, 1.165) is 0 Å². The molecule has 0 aliphatic carbocycles. The van der Waals surface area contributed by atoms with E-state index in [1.807, 2.05) is 0 Å². The van der Waals surface area contributed by atoms with Gasteiger partial charge in [-0.25, -0.2) is 8.42 Å². The Bertz CT molecular complexity index is 718. The Balaban J connectivity index is 1.60. The van der Waals surface area contributed by atoms with Gasteiger partial charge in [0.25, 0.3) is 0 Å². The number of Topliss-reactive ketones (excluding diaryl/α,β-unsaturated/α-hetero) is 1. The van der Waals surface area contributed by atoms with Gasteiger partial charge in [0.1, 0.15) is 5.78 Å². The molecule has 0 bridgehead atoms. The number of hydrogen-bond acceptors (Lipinski definition) is 5. The molecule has 1 N–H and O–H groups in total. The first kappa shape index (κ1) is 18.8. The summed E-state index contributed by atoms with van der Waals surface area (Å²) in [6.07, 6.45) is 1.86. The highest BCUT2D eigenvalue weighted by atomic mass is 35.5. The van der Waals surface area contributed by atoms with Crippen molar-refractivity contribution in [3.63, 3.8) is 0 Å². The number of hydrogen-bond donors (Lipinski definition) is 1. The van der Waals surface area contributed by atoms with Crippen LogP contribution in [0.5, 0.6) is 0 Å². The average Bonchev–Trinajstić information content (AvgIpc) is 2.58. The third kappa shape index (κ3) is 4.41. The Morgan fingerprint density at radius 1 is 1.04 bits per heavy atom. The number of likely N-dealkylation sites (tertiary alicyclic amines) is 1. The molecule has 25 heavy (non-hydrogen) atoms. The maximum Gasteiger partial charge on any atom is 0.243 e. The zero-order chi connectivity index (χ0) is 18.1. The molecule has 3 rings (SSSR count). The maximum absolute atomic E-state index is 12.7. The van der Waals surface area contributed by atoms with Gasteiger partial charge < -0.3 is 5.11 Å². The molecule has 0 radical (unpaired) electrons. The molecule has 6 nitrogen and oxygen atoms in total. The van der Waals surface area contributed by atoms with E-state index in [1.54, 1.807) is 12.1 Å². The second-order valence-electron chi connectivity index (χ2n) is 6.90. The molecule has 1 aromatic rings. The fourth-order valence-electron chi connectivity index (χ4n) is 3.43. The maximum atomic E-state index is 12.7. The van der Waals surface area contributed by atoms with E-state index in [1.165, 1.54) is 16.4 Å². The average molecular weight is 387 g/mol. The quantitative estimate of drug-likeness (QED) is 0.848. The number of piperidine rings is 2. The summed E-state index contributed by atoms with van der Waals surface area (Å²) in [5, 5.41) is 11.3. The number of nitrogens with zero attached hydrogens (tertiary/aromatic N) is 2. The number of halogens is 1. The summed E-state index contributed by atoms with van der Waals surface area (Å²) >= 11 is 5.82. The predicted octanol–water partition coefficient (Wildman–Crippen LogP) is 1.52. The molecule has 0 spiro atoms. The largest absolute Gasteiger partial charge is 0.388 e. The first-order valence-electron chi connectivity index (χ1n) is 8.51. The normalized spacial score (nSPS) is 22.9. The monoisotopic (exact) mass is 386 g/mol. The Hall–Kier alpha value is -0.990. The molecule has 2 fully saturated rings. The Morgan fingerprint density at radius 2 is 1.60 bits per heavy atom. The topological polar surface area (TPSA) is 77.9 Å². The number of ketones is 1. The molecule has 0 atom stereocenters. The summed E-state index contributed by atoms with van der Waals surface area (Å²) in [5.41, 5.74) is -0.896. The van der Waals surface area contributed by atoms with Crippen molar-refractivity contribution in [3.8, 4) is 0 Å². The van der Waals surface area contributed by atoms with E-state index < -0.39 is 15.6 Å². The number of carbonyl (C=O) groups excluding carboxylic acids is 1. The van der Waals surface area contributed by atoms with Gasteiger partial charge in [0.2, 0.25) is 10.0 Å². The van der Waals surface area contributed by atoms with Crippen molar-refractivity contribution in [2.24, 2.45) is 0 Å². The number of benzene rings is 1. The summed E-state index contributed by atoms with van der Waals surface area (Å²) in [6.45, 7) is 2.42. The molecule has 138 valence electrons. The van der Waals surface area contributed by atoms with E-state index in [2.05, 4.69) is 4.90 Å². The fraction of sp³-hybridized carbons (Fsp3) is 0.588. The third-order valence-electron chi connectivity index (χ3n) is 5.04. The molecule has 2 heterocycles. The van der Waals surface area contributed by atoms with Crippen molar-refractivity contribution < 1.29 is 18.3 Å². The minimum Gasteiger partial charge on any atom is -0.388 e. The van der Waals surface area contributed by atoms with Gasteiger partial charge in [0.15, 0.2) is 0 Å². The Labute approximate surface area is 153 Å². The van der Waals surface area contributed by atoms with Gasteiger partial charge in [-0.05, 0) is 37.1 Å². The molecule has 0 aromatic heterocycles. The van der Waals surface area contributed by atoms with Gasteiger partial charge in [0, 0.05) is 50.6 Å². The lowest BCUT2D eigenvalue weighted by Gasteiger charge is -2.41. The van der Waals surface area contributed by atoms with E-state index in [0.29, 0.717) is 50.3 Å². The van der Waals surface area contributed by atoms with Gasteiger partial charge in [0.05, 0.1) is 10.5 Å². The summed E-state index contributed by atoms with van der Waals surface area (Å²) in [5.74, 6) is 0.270. The van der Waals surface area contributed by atoms with Crippen LogP contribution in [0, 0.1) is 0 Å². The third-order valence-corrected chi connectivity index (χ3v) is 7.20. The van der Waals surface area contributed by atoms with Crippen molar-refractivity contribution in [2.45, 2.75) is 36.2 Å². The highest BCUT2D eigenvalue weighted by Gasteiger charge is 2.38. The molecule has 0 unspecified atom stereocenters. The predicted molar refractivity (Wildman–Crippen MR) is 95.1 cm³/mol. The van der Waals surface area contributed by atoms with E-state index in [4.69, 9.17) is 11.6 Å². The molecule has 2 aliphatic rings. The lowest BCUT2D eigenvalue weighted by Crippen LogP contribution is -2.53. The first-order chi connectivity index (χ1) is 11.8. The molecule has 0 amide bonds. The smallest absolute Gasteiger partial charge is 0.243 e. The van der Waals surface area contributed by atoms with Crippen LogP contribution in [0.1, 0.15) is 25.7 Å². The van der Waals surface area contributed by atoms with Crippen LogP contribution < -0.4 is 0 Å². The van der Waals surface area contributed by atoms with Gasteiger partial charge in [-0.3, -0.25) is 9.69 Å². The first-order valence-corrected chi connectivity index (χ1v) is 10.3. The number of carbonyl (C=O) groups is 1. The van der Waals surface area contributed by atoms with E-state index >= 15 is 0 Å². The summed E-state index contributed by atoms with van der Waals surface area (Å²) < 4.78 is 26.8. The lowest BCUT2D eigenvalue weighted by molar-refractivity contribution is -0.122. The van der Waals surface area contributed by atoms with Crippen molar-refractivity contribution in [1.82, 2.24) is 9.21 Å². The molecule has 2 saturated heterocycles. The Morgan fingerprint density at radius 3 is 2.16 bits per heavy atom. The standard InChI is InChI=1S/C17H23ClN2O4S/c18-14-1-3-16(4-2-14)25(23,24)20-11-7-17(22,8-12-20)13-19-9-5-15(21)6-10-19/h1-4,22H,5-13H2.